The van der Waals surface area contributed by atoms with E-state index in [4.69, 9.17) is 16.3 Å². The number of ether oxygens (including phenoxy) is 1. The molecule has 0 saturated heterocycles. The first-order chi connectivity index (χ1) is 14.3. The van der Waals surface area contributed by atoms with Gasteiger partial charge >= 0.3 is 5.97 Å². The van der Waals surface area contributed by atoms with Crippen LogP contribution in [0, 0.1) is 11.6 Å². The summed E-state index contributed by atoms with van der Waals surface area (Å²) < 4.78 is 32.4. The average Bonchev–Trinajstić information content (AvgIpc) is 2.68. The Morgan fingerprint density at radius 1 is 1.27 bits per heavy atom. The summed E-state index contributed by atoms with van der Waals surface area (Å²) in [7, 11) is 0. The second-order valence-corrected chi connectivity index (χ2v) is 7.33. The predicted molar refractivity (Wildman–Crippen MR) is 110 cm³/mol. The van der Waals surface area contributed by atoms with E-state index in [0.29, 0.717) is 16.3 Å². The van der Waals surface area contributed by atoms with E-state index in [2.05, 4.69) is 6.58 Å². The van der Waals surface area contributed by atoms with Gasteiger partial charge in [-0.2, -0.15) is 0 Å². The third-order valence-electron chi connectivity index (χ3n) is 4.92. The fourth-order valence-electron chi connectivity index (χ4n) is 3.59. The molecule has 2 aromatic rings. The van der Waals surface area contributed by atoms with Crippen LogP contribution in [-0.2, 0) is 20.9 Å². The molecule has 2 aromatic carbocycles. The first-order valence-corrected chi connectivity index (χ1v) is 9.68. The molecule has 1 atom stereocenters. The Labute approximate surface area is 178 Å². The van der Waals surface area contributed by atoms with Crippen molar-refractivity contribution in [2.75, 3.05) is 6.61 Å². The zero-order chi connectivity index (χ0) is 21.8. The van der Waals surface area contributed by atoms with E-state index in [1.165, 1.54) is 11.0 Å². The van der Waals surface area contributed by atoms with Gasteiger partial charge in [-0.05, 0) is 36.2 Å². The van der Waals surface area contributed by atoms with Crippen LogP contribution in [-0.4, -0.2) is 23.4 Å². The van der Waals surface area contributed by atoms with E-state index in [-0.39, 0.29) is 36.6 Å². The molecule has 7 heteroatoms. The quantitative estimate of drug-likeness (QED) is 0.470. The number of carbonyl (C=O) groups excluding carboxylic acids is 2. The normalized spacial score (nSPS) is 16.6. The van der Waals surface area contributed by atoms with Gasteiger partial charge in [-0.3, -0.25) is 4.79 Å². The van der Waals surface area contributed by atoms with Crippen LogP contribution in [0.5, 0.6) is 0 Å². The summed E-state index contributed by atoms with van der Waals surface area (Å²) in [6.45, 7) is 5.08. The molecule has 0 fully saturated rings. The van der Waals surface area contributed by atoms with Crippen molar-refractivity contribution in [2.45, 2.75) is 25.8 Å². The highest BCUT2D eigenvalue weighted by molar-refractivity contribution is 6.31. The van der Waals surface area contributed by atoms with Crippen LogP contribution in [0.4, 0.5) is 8.78 Å². The van der Waals surface area contributed by atoms with Gasteiger partial charge in [0.05, 0.1) is 12.1 Å². The summed E-state index contributed by atoms with van der Waals surface area (Å²) in [6.07, 6.45) is 1.41. The number of hydrogen-bond donors (Lipinski definition) is 0. The van der Waals surface area contributed by atoms with E-state index in [1.807, 2.05) is 0 Å². The molecular formula is C23H20ClF2NO3. The van der Waals surface area contributed by atoms with Crippen molar-refractivity contribution >= 4 is 23.5 Å². The Hall–Kier alpha value is -2.99. The number of amides is 1. The Morgan fingerprint density at radius 2 is 1.93 bits per heavy atom. The molecule has 1 amide bonds. The van der Waals surface area contributed by atoms with Gasteiger partial charge in [0.2, 0.25) is 5.91 Å². The zero-order valence-electron chi connectivity index (χ0n) is 16.3. The topological polar surface area (TPSA) is 46.6 Å². The minimum atomic E-state index is -0.740. The third kappa shape index (κ3) is 4.60. The van der Waals surface area contributed by atoms with Crippen LogP contribution in [0.25, 0.3) is 0 Å². The molecule has 1 heterocycles. The van der Waals surface area contributed by atoms with Crippen LogP contribution in [0.1, 0.15) is 30.4 Å². The molecule has 0 aromatic heterocycles. The number of rotatable bonds is 6. The number of carbonyl (C=O) groups is 2. The van der Waals surface area contributed by atoms with E-state index in [0.717, 1.165) is 18.2 Å². The molecule has 0 aliphatic carbocycles. The van der Waals surface area contributed by atoms with Crippen LogP contribution in [0.2, 0.25) is 5.02 Å². The minimum Gasteiger partial charge on any atom is -0.458 e. The van der Waals surface area contributed by atoms with Crippen LogP contribution < -0.4 is 0 Å². The van der Waals surface area contributed by atoms with Crippen LogP contribution in [0.15, 0.2) is 66.4 Å². The SMILES string of the molecule is C=CCOC(=O)C1=C(C)N(Cc2cc(F)cc(F)c2)C(=O)C[C@@H]1c1ccccc1Cl. The van der Waals surface area contributed by atoms with E-state index < -0.39 is 23.5 Å². The monoisotopic (exact) mass is 431 g/mol. The summed E-state index contributed by atoms with van der Waals surface area (Å²) in [5.74, 6) is -2.96. The van der Waals surface area contributed by atoms with Crippen molar-refractivity contribution in [3.8, 4) is 0 Å². The van der Waals surface area contributed by atoms with Gasteiger partial charge in [0.25, 0.3) is 0 Å². The lowest BCUT2D eigenvalue weighted by atomic mass is 9.83. The second-order valence-electron chi connectivity index (χ2n) is 6.92. The third-order valence-corrected chi connectivity index (χ3v) is 5.26. The van der Waals surface area contributed by atoms with Gasteiger partial charge in [0.1, 0.15) is 18.2 Å². The maximum atomic E-state index is 13.6. The number of benzene rings is 2. The summed E-state index contributed by atoms with van der Waals surface area (Å²) >= 11 is 6.33. The maximum Gasteiger partial charge on any atom is 0.336 e. The molecule has 0 bridgehead atoms. The minimum absolute atomic E-state index is 0.00785. The van der Waals surface area contributed by atoms with Gasteiger partial charge in [-0.15, -0.1) is 0 Å². The molecule has 0 saturated carbocycles. The number of hydrogen-bond acceptors (Lipinski definition) is 3. The molecule has 1 aliphatic heterocycles. The van der Waals surface area contributed by atoms with E-state index in [1.54, 1.807) is 31.2 Å². The van der Waals surface area contributed by atoms with Crippen molar-refractivity contribution < 1.29 is 23.1 Å². The number of nitrogens with zero attached hydrogens (tertiary/aromatic N) is 1. The highest BCUT2D eigenvalue weighted by atomic mass is 35.5. The Balaban J connectivity index is 2.06. The van der Waals surface area contributed by atoms with Gasteiger partial charge in [0.15, 0.2) is 0 Å². The smallest absolute Gasteiger partial charge is 0.336 e. The Kier molecular flexibility index (Phi) is 6.67. The molecule has 4 nitrogen and oxygen atoms in total. The molecule has 1 aliphatic rings. The van der Waals surface area contributed by atoms with Crippen LogP contribution in [0.3, 0.4) is 0 Å². The highest BCUT2D eigenvalue weighted by Gasteiger charge is 2.37. The standard InChI is InChI=1S/C23H20ClF2NO3/c1-3-8-30-23(29)22-14(2)27(13-15-9-16(25)11-17(26)10-15)21(28)12-19(22)18-6-4-5-7-20(18)24/h3-7,9-11,19H,1,8,12-13H2,2H3/t19-/m1/s1. The first-order valence-electron chi connectivity index (χ1n) is 9.30. The number of halogens is 3. The molecule has 0 N–H and O–H groups in total. The molecule has 30 heavy (non-hydrogen) atoms. The van der Waals surface area contributed by atoms with Gasteiger partial charge in [-0.25, -0.2) is 13.6 Å². The van der Waals surface area contributed by atoms with E-state index >= 15 is 0 Å². The average molecular weight is 432 g/mol. The maximum absolute atomic E-state index is 13.6. The molecule has 3 rings (SSSR count). The van der Waals surface area contributed by atoms with Crippen molar-refractivity contribution in [3.63, 3.8) is 0 Å². The fourth-order valence-corrected chi connectivity index (χ4v) is 3.86. The van der Waals surface area contributed by atoms with Crippen molar-refractivity contribution in [2.24, 2.45) is 0 Å². The fraction of sp³-hybridized carbons (Fsp3) is 0.217. The van der Waals surface area contributed by atoms with Crippen molar-refractivity contribution in [3.05, 3.63) is 94.2 Å². The Morgan fingerprint density at radius 3 is 2.57 bits per heavy atom. The molecule has 0 radical (unpaired) electrons. The lowest BCUT2D eigenvalue weighted by Gasteiger charge is -2.34. The van der Waals surface area contributed by atoms with Crippen LogP contribution >= 0.6 is 11.6 Å². The predicted octanol–water partition coefficient (Wildman–Crippen LogP) is 5.14. The van der Waals surface area contributed by atoms with Gasteiger partial charge < -0.3 is 9.64 Å². The van der Waals surface area contributed by atoms with Gasteiger partial charge in [0, 0.05) is 29.1 Å². The Bertz CT molecular complexity index is 1010. The highest BCUT2D eigenvalue weighted by Crippen LogP contribution is 2.40. The van der Waals surface area contributed by atoms with Gasteiger partial charge in [-0.1, -0.05) is 42.5 Å². The largest absolute Gasteiger partial charge is 0.458 e. The summed E-state index contributed by atoms with van der Waals surface area (Å²) in [6, 6.07) is 10.0. The molecule has 0 spiro atoms. The molecule has 156 valence electrons. The second kappa shape index (κ2) is 9.22. The number of allylic oxidation sites excluding steroid dienone is 1. The summed E-state index contributed by atoms with van der Waals surface area (Å²) in [5, 5.41) is 0.428. The van der Waals surface area contributed by atoms with Crippen molar-refractivity contribution in [1.29, 1.82) is 0 Å². The van der Waals surface area contributed by atoms with Crippen molar-refractivity contribution in [1.82, 2.24) is 4.90 Å². The molecular weight excluding hydrogens is 412 g/mol. The first kappa shape index (κ1) is 21.7. The molecule has 0 unspecified atom stereocenters. The number of esters is 1. The lowest BCUT2D eigenvalue weighted by Crippen LogP contribution is -2.38. The summed E-state index contributed by atoms with van der Waals surface area (Å²) in [4.78, 5) is 27.1. The summed E-state index contributed by atoms with van der Waals surface area (Å²) in [5.41, 5.74) is 1.54. The zero-order valence-corrected chi connectivity index (χ0v) is 17.1. The lowest BCUT2D eigenvalue weighted by molar-refractivity contribution is -0.139. The van der Waals surface area contributed by atoms with E-state index in [9.17, 15) is 18.4 Å².